The van der Waals surface area contributed by atoms with Crippen molar-refractivity contribution in [3.63, 3.8) is 0 Å². The van der Waals surface area contributed by atoms with E-state index in [4.69, 9.17) is 5.11 Å². The fraction of sp³-hybridized carbons (Fsp3) is 0.400. The van der Waals surface area contributed by atoms with Crippen LogP contribution in [0.3, 0.4) is 0 Å². The van der Waals surface area contributed by atoms with E-state index in [9.17, 15) is 4.79 Å². The second-order valence-corrected chi connectivity index (χ2v) is 5.51. The number of carbonyl (C=O) groups is 1. The lowest BCUT2D eigenvalue weighted by Crippen LogP contribution is -2.33. The van der Waals surface area contributed by atoms with Crippen LogP contribution in [-0.4, -0.2) is 41.1 Å². The molecule has 0 saturated carbocycles. The molecule has 2 N–H and O–H groups in total. The smallest absolute Gasteiger partial charge is 0.335 e. The number of aryl methyl sites for hydroxylation is 1. The Labute approximate surface area is 112 Å². The maximum absolute atomic E-state index is 11.1. The molecule has 0 radical (unpaired) electrons. The second kappa shape index (κ2) is 4.38. The Morgan fingerprint density at radius 2 is 2.21 bits per heavy atom. The minimum atomic E-state index is -0.864. The van der Waals surface area contributed by atoms with Crippen molar-refractivity contribution in [1.29, 1.82) is 0 Å². The Morgan fingerprint density at radius 1 is 1.42 bits per heavy atom. The average molecular weight is 258 g/mol. The molecule has 4 heteroatoms. The number of H-pyrrole nitrogens is 1. The molecule has 0 aliphatic heterocycles. The summed E-state index contributed by atoms with van der Waals surface area (Å²) in [5.41, 5.74) is 3.98. The maximum atomic E-state index is 11.1. The lowest BCUT2D eigenvalue weighted by molar-refractivity contribution is 0.0697. The highest BCUT2D eigenvalue weighted by Gasteiger charge is 2.24. The summed E-state index contributed by atoms with van der Waals surface area (Å²) in [4.78, 5) is 16.8. The molecular weight excluding hydrogens is 240 g/mol. The van der Waals surface area contributed by atoms with Gasteiger partial charge < -0.3 is 15.0 Å². The fourth-order valence-corrected chi connectivity index (χ4v) is 2.97. The van der Waals surface area contributed by atoms with E-state index < -0.39 is 5.97 Å². The molecule has 19 heavy (non-hydrogen) atoms. The zero-order chi connectivity index (χ0) is 13.6. The third-order valence-electron chi connectivity index (χ3n) is 4.14. The predicted molar refractivity (Wildman–Crippen MR) is 74.8 cm³/mol. The van der Waals surface area contributed by atoms with Crippen molar-refractivity contribution in [3.8, 4) is 0 Å². The Bertz CT molecular complexity index is 643. The molecule has 1 atom stereocenters. The van der Waals surface area contributed by atoms with Crippen LogP contribution in [0.4, 0.5) is 0 Å². The molecule has 4 nitrogen and oxygen atoms in total. The van der Waals surface area contributed by atoms with Gasteiger partial charge in [0, 0.05) is 22.6 Å². The lowest BCUT2D eigenvalue weighted by atomic mass is 9.90. The number of nitrogens with zero attached hydrogens (tertiary/aromatic N) is 1. The number of carboxylic acid groups (broad SMARTS) is 1. The van der Waals surface area contributed by atoms with E-state index in [-0.39, 0.29) is 0 Å². The van der Waals surface area contributed by atoms with Gasteiger partial charge in [0.05, 0.1) is 5.56 Å². The quantitative estimate of drug-likeness (QED) is 0.869. The van der Waals surface area contributed by atoms with Gasteiger partial charge in [-0.1, -0.05) is 0 Å². The van der Waals surface area contributed by atoms with Crippen molar-refractivity contribution >= 4 is 16.9 Å². The van der Waals surface area contributed by atoms with Gasteiger partial charge in [-0.15, -0.1) is 0 Å². The molecule has 0 unspecified atom stereocenters. The van der Waals surface area contributed by atoms with Crippen LogP contribution in [0.15, 0.2) is 18.2 Å². The summed E-state index contributed by atoms with van der Waals surface area (Å²) >= 11 is 0. The number of likely N-dealkylation sites (N-methyl/N-ethyl adjacent to an activating group) is 1. The van der Waals surface area contributed by atoms with Crippen LogP contribution in [0.1, 0.15) is 28.0 Å². The van der Waals surface area contributed by atoms with Crippen molar-refractivity contribution in [2.24, 2.45) is 0 Å². The van der Waals surface area contributed by atoms with Crippen LogP contribution in [-0.2, 0) is 12.8 Å². The molecule has 1 aliphatic rings. The van der Waals surface area contributed by atoms with Crippen molar-refractivity contribution in [2.45, 2.75) is 25.3 Å². The first-order valence-electron chi connectivity index (χ1n) is 6.59. The third kappa shape index (κ3) is 2.02. The molecule has 3 rings (SSSR count). The minimum Gasteiger partial charge on any atom is -0.478 e. The van der Waals surface area contributed by atoms with E-state index in [0.717, 1.165) is 30.2 Å². The highest BCUT2D eigenvalue weighted by atomic mass is 16.4. The van der Waals surface area contributed by atoms with E-state index in [1.165, 1.54) is 11.3 Å². The first kappa shape index (κ1) is 12.2. The summed E-state index contributed by atoms with van der Waals surface area (Å²) in [5, 5.41) is 10.2. The number of rotatable bonds is 2. The molecule has 1 aromatic carbocycles. The van der Waals surface area contributed by atoms with E-state index in [1.807, 2.05) is 6.07 Å². The lowest BCUT2D eigenvalue weighted by Gasteiger charge is -2.28. The van der Waals surface area contributed by atoms with Crippen LogP contribution in [0.5, 0.6) is 0 Å². The Balaban J connectivity index is 2.10. The number of hydrogen-bond donors (Lipinski definition) is 2. The predicted octanol–water partition coefficient (Wildman–Crippen LogP) is 2.29. The van der Waals surface area contributed by atoms with Crippen molar-refractivity contribution in [1.82, 2.24) is 9.88 Å². The number of benzene rings is 1. The third-order valence-corrected chi connectivity index (χ3v) is 4.14. The first-order valence-corrected chi connectivity index (χ1v) is 6.59. The summed E-state index contributed by atoms with van der Waals surface area (Å²) < 4.78 is 0. The van der Waals surface area contributed by atoms with Gasteiger partial charge in [-0.2, -0.15) is 0 Å². The van der Waals surface area contributed by atoms with E-state index in [1.54, 1.807) is 12.1 Å². The molecule has 0 amide bonds. The van der Waals surface area contributed by atoms with Gasteiger partial charge >= 0.3 is 5.97 Å². The summed E-state index contributed by atoms with van der Waals surface area (Å²) in [7, 11) is 4.21. The maximum Gasteiger partial charge on any atom is 0.335 e. The second-order valence-electron chi connectivity index (χ2n) is 5.51. The number of hydrogen-bond acceptors (Lipinski definition) is 2. The fourth-order valence-electron chi connectivity index (χ4n) is 2.97. The molecular formula is C15H18N2O2. The highest BCUT2D eigenvalue weighted by molar-refractivity contribution is 5.95. The Hall–Kier alpha value is -1.81. The van der Waals surface area contributed by atoms with Gasteiger partial charge in [-0.3, -0.25) is 0 Å². The number of carboxylic acids is 1. The minimum absolute atomic E-state index is 0.362. The molecule has 0 fully saturated rings. The largest absolute Gasteiger partial charge is 0.478 e. The zero-order valence-electron chi connectivity index (χ0n) is 11.2. The summed E-state index contributed by atoms with van der Waals surface area (Å²) in [5.74, 6) is -0.864. The number of aromatic nitrogens is 1. The number of aromatic carboxylic acids is 1. The highest BCUT2D eigenvalue weighted by Crippen LogP contribution is 2.31. The number of aromatic amines is 1. The van der Waals surface area contributed by atoms with Gasteiger partial charge in [0.25, 0.3) is 0 Å². The molecule has 1 aromatic heterocycles. The van der Waals surface area contributed by atoms with Crippen LogP contribution >= 0.6 is 0 Å². The molecule has 0 saturated heterocycles. The van der Waals surface area contributed by atoms with Gasteiger partial charge in [0.15, 0.2) is 0 Å². The Kier molecular flexibility index (Phi) is 2.82. The molecule has 1 heterocycles. The molecule has 2 aromatic rings. The Morgan fingerprint density at radius 3 is 2.89 bits per heavy atom. The van der Waals surface area contributed by atoms with Crippen LogP contribution in [0.25, 0.3) is 10.9 Å². The molecule has 0 bridgehead atoms. The zero-order valence-corrected chi connectivity index (χ0v) is 11.2. The van der Waals surface area contributed by atoms with Crippen molar-refractivity contribution in [3.05, 3.63) is 35.0 Å². The number of fused-ring (bicyclic) bond motifs is 3. The van der Waals surface area contributed by atoms with E-state index in [0.29, 0.717) is 11.6 Å². The topological polar surface area (TPSA) is 56.3 Å². The van der Waals surface area contributed by atoms with Crippen LogP contribution in [0.2, 0.25) is 0 Å². The SMILES string of the molecule is CN(C)[C@@H]1CCc2[nH]c3ccc(C(=O)O)cc3c2C1. The first-order chi connectivity index (χ1) is 9.06. The van der Waals surface area contributed by atoms with Gasteiger partial charge in [0.1, 0.15) is 0 Å². The summed E-state index contributed by atoms with van der Waals surface area (Å²) in [6.45, 7) is 0. The molecule has 100 valence electrons. The average Bonchev–Trinajstić information content (AvgIpc) is 2.75. The standard InChI is InChI=1S/C15H18N2O2/c1-17(2)10-4-6-14-12(8-10)11-7-9(15(18)19)3-5-13(11)16-14/h3,5,7,10,16H,4,6,8H2,1-2H3,(H,18,19)/t10-/m1/s1. The van der Waals surface area contributed by atoms with E-state index in [2.05, 4.69) is 24.0 Å². The molecule has 0 spiro atoms. The van der Waals surface area contributed by atoms with Crippen molar-refractivity contribution in [2.75, 3.05) is 14.1 Å². The molecule has 1 aliphatic carbocycles. The van der Waals surface area contributed by atoms with Gasteiger partial charge in [0.2, 0.25) is 0 Å². The normalized spacial score (nSPS) is 18.8. The van der Waals surface area contributed by atoms with E-state index >= 15 is 0 Å². The van der Waals surface area contributed by atoms with Gasteiger partial charge in [-0.25, -0.2) is 4.79 Å². The van der Waals surface area contributed by atoms with Crippen LogP contribution in [0, 0.1) is 0 Å². The van der Waals surface area contributed by atoms with Crippen molar-refractivity contribution < 1.29 is 9.90 Å². The number of nitrogens with one attached hydrogen (secondary N) is 1. The summed E-state index contributed by atoms with van der Waals surface area (Å²) in [6, 6.07) is 5.88. The van der Waals surface area contributed by atoms with Gasteiger partial charge in [-0.05, 0) is 57.1 Å². The summed E-state index contributed by atoms with van der Waals surface area (Å²) in [6.07, 6.45) is 3.18. The monoisotopic (exact) mass is 258 g/mol. The van der Waals surface area contributed by atoms with Crippen LogP contribution < -0.4 is 0 Å².